The van der Waals surface area contributed by atoms with E-state index in [0.717, 1.165) is 17.3 Å². The van der Waals surface area contributed by atoms with Crippen molar-refractivity contribution in [1.29, 1.82) is 0 Å². The SMILES string of the molecule is CSC1CCCC1NC1CCCC1(C)C. The number of nitrogens with one attached hydrogen (secondary N) is 1. The monoisotopic (exact) mass is 227 g/mol. The zero-order valence-corrected chi connectivity index (χ0v) is 11.2. The Labute approximate surface area is 98.8 Å². The van der Waals surface area contributed by atoms with Gasteiger partial charge in [-0.25, -0.2) is 0 Å². The largest absolute Gasteiger partial charge is 0.310 e. The Kier molecular flexibility index (Phi) is 3.67. The fraction of sp³-hybridized carbons (Fsp3) is 1.00. The molecule has 2 fully saturated rings. The summed E-state index contributed by atoms with van der Waals surface area (Å²) in [5.41, 5.74) is 0.533. The summed E-state index contributed by atoms with van der Waals surface area (Å²) in [7, 11) is 0. The van der Waals surface area contributed by atoms with E-state index in [1.165, 1.54) is 38.5 Å². The third-order valence-electron chi connectivity index (χ3n) is 4.43. The van der Waals surface area contributed by atoms with Crippen molar-refractivity contribution in [2.45, 2.75) is 69.7 Å². The molecular formula is C13H25NS. The maximum absolute atomic E-state index is 3.95. The second-order valence-electron chi connectivity index (χ2n) is 5.91. The fourth-order valence-corrected chi connectivity index (χ4v) is 4.24. The Morgan fingerprint density at radius 3 is 2.53 bits per heavy atom. The second kappa shape index (κ2) is 4.67. The maximum atomic E-state index is 3.95. The second-order valence-corrected chi connectivity index (χ2v) is 6.99. The van der Waals surface area contributed by atoms with E-state index in [4.69, 9.17) is 0 Å². The summed E-state index contributed by atoms with van der Waals surface area (Å²) in [6.45, 7) is 4.86. The summed E-state index contributed by atoms with van der Waals surface area (Å²) >= 11 is 2.06. The summed E-state index contributed by atoms with van der Waals surface area (Å²) in [5, 5.41) is 4.82. The molecule has 2 saturated carbocycles. The Morgan fingerprint density at radius 2 is 1.93 bits per heavy atom. The van der Waals surface area contributed by atoms with Crippen LogP contribution >= 0.6 is 11.8 Å². The van der Waals surface area contributed by atoms with E-state index in [2.05, 4.69) is 37.2 Å². The van der Waals surface area contributed by atoms with E-state index in [1.54, 1.807) is 0 Å². The van der Waals surface area contributed by atoms with Gasteiger partial charge in [0.1, 0.15) is 0 Å². The predicted octanol–water partition coefficient (Wildman–Crippen LogP) is 3.44. The molecule has 0 saturated heterocycles. The van der Waals surface area contributed by atoms with E-state index in [1.807, 2.05) is 0 Å². The van der Waals surface area contributed by atoms with Crippen molar-refractivity contribution in [2.24, 2.45) is 5.41 Å². The van der Waals surface area contributed by atoms with Gasteiger partial charge in [0.15, 0.2) is 0 Å². The van der Waals surface area contributed by atoms with Crippen molar-refractivity contribution in [1.82, 2.24) is 5.32 Å². The minimum Gasteiger partial charge on any atom is -0.310 e. The van der Waals surface area contributed by atoms with Crippen LogP contribution in [-0.4, -0.2) is 23.6 Å². The molecule has 2 heteroatoms. The molecule has 0 spiro atoms. The topological polar surface area (TPSA) is 12.0 Å². The van der Waals surface area contributed by atoms with Crippen LogP contribution in [0.2, 0.25) is 0 Å². The highest BCUT2D eigenvalue weighted by Crippen LogP contribution is 2.39. The van der Waals surface area contributed by atoms with Crippen LogP contribution in [0.4, 0.5) is 0 Å². The molecule has 0 heterocycles. The third kappa shape index (κ3) is 2.52. The van der Waals surface area contributed by atoms with E-state index < -0.39 is 0 Å². The van der Waals surface area contributed by atoms with Gasteiger partial charge in [0, 0.05) is 17.3 Å². The molecular weight excluding hydrogens is 202 g/mol. The van der Waals surface area contributed by atoms with Crippen LogP contribution < -0.4 is 5.32 Å². The van der Waals surface area contributed by atoms with Crippen LogP contribution in [-0.2, 0) is 0 Å². The zero-order chi connectivity index (χ0) is 10.9. The van der Waals surface area contributed by atoms with Gasteiger partial charge in [0.2, 0.25) is 0 Å². The van der Waals surface area contributed by atoms with Gasteiger partial charge in [-0.2, -0.15) is 11.8 Å². The third-order valence-corrected chi connectivity index (χ3v) is 5.60. The van der Waals surface area contributed by atoms with Gasteiger partial charge in [0.05, 0.1) is 0 Å². The normalized spacial score (nSPS) is 39.8. The molecule has 0 amide bonds. The van der Waals surface area contributed by atoms with Crippen molar-refractivity contribution >= 4 is 11.8 Å². The first-order chi connectivity index (χ1) is 7.13. The lowest BCUT2D eigenvalue weighted by Gasteiger charge is -2.32. The van der Waals surface area contributed by atoms with Crippen LogP contribution in [0.5, 0.6) is 0 Å². The number of hydrogen-bond acceptors (Lipinski definition) is 2. The minimum absolute atomic E-state index is 0.533. The summed E-state index contributed by atoms with van der Waals surface area (Å²) in [6, 6.07) is 1.57. The molecule has 0 aromatic carbocycles. The standard InChI is InChI=1S/C13H25NS/c1-13(2)9-5-8-12(13)14-10-6-4-7-11(10)15-3/h10-12,14H,4-9H2,1-3H3. The molecule has 3 atom stereocenters. The molecule has 0 radical (unpaired) electrons. The Balaban J connectivity index is 1.91. The van der Waals surface area contributed by atoms with Crippen molar-refractivity contribution in [3.8, 4) is 0 Å². The van der Waals surface area contributed by atoms with Gasteiger partial charge >= 0.3 is 0 Å². The summed E-state index contributed by atoms with van der Waals surface area (Å²) in [5.74, 6) is 0. The number of hydrogen-bond donors (Lipinski definition) is 1. The Hall–Kier alpha value is 0.310. The Bertz CT molecular complexity index is 215. The fourth-order valence-electron chi connectivity index (χ4n) is 3.29. The first kappa shape index (κ1) is 11.8. The lowest BCUT2D eigenvalue weighted by molar-refractivity contribution is 0.263. The summed E-state index contributed by atoms with van der Waals surface area (Å²) < 4.78 is 0. The van der Waals surface area contributed by atoms with E-state index in [9.17, 15) is 0 Å². The highest BCUT2D eigenvalue weighted by molar-refractivity contribution is 7.99. The van der Waals surface area contributed by atoms with Gasteiger partial charge in [-0.15, -0.1) is 0 Å². The molecule has 3 unspecified atom stereocenters. The van der Waals surface area contributed by atoms with Gasteiger partial charge < -0.3 is 5.32 Å². The van der Waals surface area contributed by atoms with Crippen molar-refractivity contribution < 1.29 is 0 Å². The molecule has 15 heavy (non-hydrogen) atoms. The smallest absolute Gasteiger partial charge is 0.0198 e. The average molecular weight is 227 g/mol. The molecule has 1 nitrogen and oxygen atoms in total. The molecule has 2 aliphatic carbocycles. The van der Waals surface area contributed by atoms with Crippen molar-refractivity contribution in [3.63, 3.8) is 0 Å². The molecule has 88 valence electrons. The van der Waals surface area contributed by atoms with Crippen LogP contribution in [0.3, 0.4) is 0 Å². The van der Waals surface area contributed by atoms with Gasteiger partial charge in [-0.05, 0) is 37.4 Å². The molecule has 0 aliphatic heterocycles. The van der Waals surface area contributed by atoms with E-state index in [-0.39, 0.29) is 0 Å². The number of thioether (sulfide) groups is 1. The van der Waals surface area contributed by atoms with Crippen LogP contribution in [0.25, 0.3) is 0 Å². The first-order valence-corrected chi connectivity index (χ1v) is 7.71. The van der Waals surface area contributed by atoms with E-state index >= 15 is 0 Å². The molecule has 2 rings (SSSR count). The lowest BCUT2D eigenvalue weighted by atomic mass is 9.87. The Morgan fingerprint density at radius 1 is 1.13 bits per heavy atom. The average Bonchev–Trinajstić information content (AvgIpc) is 2.74. The quantitative estimate of drug-likeness (QED) is 0.792. The predicted molar refractivity (Wildman–Crippen MR) is 69.5 cm³/mol. The number of rotatable bonds is 3. The van der Waals surface area contributed by atoms with Gasteiger partial charge in [0.25, 0.3) is 0 Å². The van der Waals surface area contributed by atoms with Gasteiger partial charge in [-0.3, -0.25) is 0 Å². The first-order valence-electron chi connectivity index (χ1n) is 6.42. The highest BCUT2D eigenvalue weighted by Gasteiger charge is 2.37. The molecule has 0 aromatic rings. The minimum atomic E-state index is 0.533. The van der Waals surface area contributed by atoms with E-state index in [0.29, 0.717) is 5.41 Å². The van der Waals surface area contributed by atoms with Crippen LogP contribution in [0.15, 0.2) is 0 Å². The molecule has 2 aliphatic rings. The summed E-state index contributed by atoms with van der Waals surface area (Å²) in [6.07, 6.45) is 10.7. The molecule has 1 N–H and O–H groups in total. The highest BCUT2D eigenvalue weighted by atomic mass is 32.2. The lowest BCUT2D eigenvalue weighted by Crippen LogP contribution is -2.46. The maximum Gasteiger partial charge on any atom is 0.0198 e. The summed E-state index contributed by atoms with van der Waals surface area (Å²) in [4.78, 5) is 0. The van der Waals surface area contributed by atoms with Crippen molar-refractivity contribution in [2.75, 3.05) is 6.26 Å². The van der Waals surface area contributed by atoms with Gasteiger partial charge in [-0.1, -0.05) is 26.7 Å². The molecule has 0 bridgehead atoms. The van der Waals surface area contributed by atoms with Crippen LogP contribution in [0.1, 0.15) is 52.4 Å². The van der Waals surface area contributed by atoms with Crippen LogP contribution in [0, 0.1) is 5.41 Å². The molecule has 0 aromatic heterocycles. The van der Waals surface area contributed by atoms with Crippen molar-refractivity contribution in [3.05, 3.63) is 0 Å². The zero-order valence-electron chi connectivity index (χ0n) is 10.4.